The summed E-state index contributed by atoms with van der Waals surface area (Å²) in [4.78, 5) is 14.1. The van der Waals surface area contributed by atoms with Gasteiger partial charge in [-0.3, -0.25) is 4.79 Å². The van der Waals surface area contributed by atoms with Crippen LogP contribution in [0.4, 0.5) is 0 Å². The van der Waals surface area contributed by atoms with Crippen LogP contribution in [0.2, 0.25) is 0 Å². The molecule has 2 heteroatoms. The molecule has 3 rings (SSSR count). The van der Waals surface area contributed by atoms with E-state index in [-0.39, 0.29) is 11.3 Å². The maximum atomic E-state index is 12.7. The van der Waals surface area contributed by atoms with Gasteiger partial charge in [0.1, 0.15) is 5.78 Å². The molecule has 1 saturated carbocycles. The third-order valence-electron chi connectivity index (χ3n) is 4.12. The van der Waals surface area contributed by atoms with Crippen molar-refractivity contribution in [1.29, 1.82) is 0 Å². The highest BCUT2D eigenvalue weighted by Gasteiger charge is 2.57. The van der Waals surface area contributed by atoms with Gasteiger partial charge < -0.3 is 0 Å². The first-order valence-corrected chi connectivity index (χ1v) is 8.01. The largest absolute Gasteiger partial charge is 0.299 e. The lowest BCUT2D eigenvalue weighted by atomic mass is 9.86. The van der Waals surface area contributed by atoms with Gasteiger partial charge in [-0.05, 0) is 17.0 Å². The van der Waals surface area contributed by atoms with Gasteiger partial charge in [-0.2, -0.15) is 0 Å². The second kappa shape index (κ2) is 4.85. The lowest BCUT2D eigenvalue weighted by Gasteiger charge is -2.16. The minimum absolute atomic E-state index is 0.149. The second-order valence-corrected chi connectivity index (χ2v) is 7.60. The van der Waals surface area contributed by atoms with E-state index in [9.17, 15) is 4.79 Å². The summed E-state index contributed by atoms with van der Waals surface area (Å²) in [6, 6.07) is 14.7. The lowest BCUT2D eigenvalue weighted by Crippen LogP contribution is -2.22. The standard InChI is InChI=1S/C18H20OS/c1-18(2,3)17(19)16-14(12-8-5-4-6-9-12)15(16)13-10-7-11-20-13/h4-11,14-16H,1-3H3/t14-,15+,16+/m0/s1. The van der Waals surface area contributed by atoms with E-state index >= 15 is 0 Å². The number of rotatable bonds is 3. The van der Waals surface area contributed by atoms with Crippen molar-refractivity contribution >= 4 is 17.1 Å². The fourth-order valence-electron chi connectivity index (χ4n) is 3.06. The monoisotopic (exact) mass is 284 g/mol. The summed E-state index contributed by atoms with van der Waals surface area (Å²) in [7, 11) is 0. The molecule has 0 aliphatic heterocycles. The minimum Gasteiger partial charge on any atom is -0.299 e. The van der Waals surface area contributed by atoms with Crippen molar-refractivity contribution in [2.75, 3.05) is 0 Å². The molecule has 0 saturated heterocycles. The predicted molar refractivity (Wildman–Crippen MR) is 84.2 cm³/mol. The minimum atomic E-state index is -0.260. The van der Waals surface area contributed by atoms with Gasteiger partial charge in [0, 0.05) is 28.0 Å². The van der Waals surface area contributed by atoms with E-state index in [2.05, 4.69) is 41.8 Å². The third kappa shape index (κ3) is 2.33. The fraction of sp³-hybridized carbons (Fsp3) is 0.389. The van der Waals surface area contributed by atoms with Crippen LogP contribution >= 0.6 is 11.3 Å². The van der Waals surface area contributed by atoms with Crippen molar-refractivity contribution in [3.8, 4) is 0 Å². The highest BCUT2D eigenvalue weighted by molar-refractivity contribution is 7.10. The zero-order valence-corrected chi connectivity index (χ0v) is 13.0. The van der Waals surface area contributed by atoms with Crippen LogP contribution in [-0.4, -0.2) is 5.78 Å². The van der Waals surface area contributed by atoms with Gasteiger partial charge in [0.05, 0.1) is 0 Å². The van der Waals surface area contributed by atoms with E-state index in [1.165, 1.54) is 10.4 Å². The molecule has 1 nitrogen and oxygen atoms in total. The summed E-state index contributed by atoms with van der Waals surface area (Å²) in [6.07, 6.45) is 0. The van der Waals surface area contributed by atoms with Crippen LogP contribution in [0.5, 0.6) is 0 Å². The normalized spacial score (nSPS) is 25.4. The average Bonchev–Trinajstić information content (AvgIpc) is 2.91. The van der Waals surface area contributed by atoms with Crippen molar-refractivity contribution in [2.24, 2.45) is 11.3 Å². The summed E-state index contributed by atoms with van der Waals surface area (Å²) < 4.78 is 0. The first-order valence-electron chi connectivity index (χ1n) is 7.13. The number of benzene rings is 1. The summed E-state index contributed by atoms with van der Waals surface area (Å²) >= 11 is 1.77. The highest BCUT2D eigenvalue weighted by Crippen LogP contribution is 2.63. The summed E-state index contributed by atoms with van der Waals surface area (Å²) in [6.45, 7) is 6.09. The molecule has 1 aromatic carbocycles. The van der Waals surface area contributed by atoms with E-state index in [4.69, 9.17) is 0 Å². The molecule has 20 heavy (non-hydrogen) atoms. The number of carbonyl (C=O) groups is 1. The molecule has 0 amide bonds. The molecular formula is C18H20OS. The third-order valence-corrected chi connectivity index (χ3v) is 5.09. The van der Waals surface area contributed by atoms with E-state index in [0.717, 1.165) is 0 Å². The van der Waals surface area contributed by atoms with Crippen molar-refractivity contribution in [3.05, 3.63) is 58.3 Å². The molecule has 1 heterocycles. The Hall–Kier alpha value is -1.41. The first-order chi connectivity index (χ1) is 9.50. The smallest absolute Gasteiger partial charge is 0.142 e. The topological polar surface area (TPSA) is 17.1 Å². The molecule has 0 unspecified atom stereocenters. The van der Waals surface area contributed by atoms with Crippen LogP contribution < -0.4 is 0 Å². The van der Waals surface area contributed by atoms with Gasteiger partial charge >= 0.3 is 0 Å². The van der Waals surface area contributed by atoms with Gasteiger partial charge in [0.25, 0.3) is 0 Å². The van der Waals surface area contributed by atoms with Gasteiger partial charge in [0.2, 0.25) is 0 Å². The van der Waals surface area contributed by atoms with Gasteiger partial charge in [-0.1, -0.05) is 57.2 Å². The Balaban J connectivity index is 1.94. The first kappa shape index (κ1) is 13.6. The quantitative estimate of drug-likeness (QED) is 0.786. The number of Topliss-reactive ketones (excluding diaryl/α,β-unsaturated/α-hetero) is 1. The Morgan fingerprint density at radius 3 is 2.25 bits per heavy atom. The molecule has 1 aliphatic rings. The number of hydrogen-bond donors (Lipinski definition) is 0. The second-order valence-electron chi connectivity index (χ2n) is 6.62. The number of ketones is 1. The van der Waals surface area contributed by atoms with Crippen molar-refractivity contribution < 1.29 is 4.79 Å². The van der Waals surface area contributed by atoms with Crippen LogP contribution in [0.1, 0.15) is 43.0 Å². The average molecular weight is 284 g/mol. The summed E-state index contributed by atoms with van der Waals surface area (Å²) in [5, 5.41) is 2.11. The van der Waals surface area contributed by atoms with Crippen molar-refractivity contribution in [1.82, 2.24) is 0 Å². The van der Waals surface area contributed by atoms with Gasteiger partial charge in [-0.15, -0.1) is 11.3 Å². The van der Waals surface area contributed by atoms with Crippen molar-refractivity contribution in [2.45, 2.75) is 32.6 Å². The number of thiophene rings is 1. The molecule has 2 aromatic rings. The van der Waals surface area contributed by atoms with Crippen molar-refractivity contribution in [3.63, 3.8) is 0 Å². The van der Waals surface area contributed by atoms with E-state index < -0.39 is 0 Å². The summed E-state index contributed by atoms with van der Waals surface area (Å²) in [5.74, 6) is 1.28. The molecular weight excluding hydrogens is 264 g/mol. The Labute approximate surface area is 124 Å². The van der Waals surface area contributed by atoms with Crippen LogP contribution in [0.3, 0.4) is 0 Å². The molecule has 0 N–H and O–H groups in total. The molecule has 3 atom stereocenters. The molecule has 0 bridgehead atoms. The van der Waals surface area contributed by atoms with Crippen LogP contribution in [0.25, 0.3) is 0 Å². The van der Waals surface area contributed by atoms with Gasteiger partial charge in [0.15, 0.2) is 0 Å². The maximum Gasteiger partial charge on any atom is 0.142 e. The van der Waals surface area contributed by atoms with Gasteiger partial charge in [-0.25, -0.2) is 0 Å². The predicted octanol–water partition coefficient (Wildman–Crippen LogP) is 4.86. The van der Waals surface area contributed by atoms with E-state index in [1.54, 1.807) is 11.3 Å². The zero-order chi connectivity index (χ0) is 14.3. The lowest BCUT2D eigenvalue weighted by molar-refractivity contribution is -0.127. The number of hydrogen-bond acceptors (Lipinski definition) is 2. The highest BCUT2D eigenvalue weighted by atomic mass is 32.1. The van der Waals surface area contributed by atoms with Crippen LogP contribution in [-0.2, 0) is 4.79 Å². The van der Waals surface area contributed by atoms with Crippen LogP contribution in [0, 0.1) is 11.3 Å². The fourth-order valence-corrected chi connectivity index (χ4v) is 3.98. The number of carbonyl (C=O) groups excluding carboxylic acids is 1. The molecule has 1 fully saturated rings. The zero-order valence-electron chi connectivity index (χ0n) is 12.2. The SMILES string of the molecule is CC(C)(C)C(=O)[C@@H]1[C@@H](c2ccccc2)[C@H]1c1cccs1. The Bertz CT molecular complexity index is 592. The Morgan fingerprint density at radius 2 is 1.70 bits per heavy atom. The molecule has 0 spiro atoms. The molecule has 104 valence electrons. The van der Waals surface area contributed by atoms with E-state index in [0.29, 0.717) is 17.6 Å². The molecule has 1 aromatic heterocycles. The molecule has 0 radical (unpaired) electrons. The summed E-state index contributed by atoms with van der Waals surface area (Å²) in [5.41, 5.74) is 1.04. The maximum absolute atomic E-state index is 12.7. The van der Waals surface area contributed by atoms with E-state index in [1.807, 2.05) is 26.8 Å². The Morgan fingerprint density at radius 1 is 1.00 bits per heavy atom. The molecule has 1 aliphatic carbocycles. The van der Waals surface area contributed by atoms with Crippen LogP contribution in [0.15, 0.2) is 47.8 Å². The Kier molecular flexibility index (Phi) is 3.29.